The monoisotopic (exact) mass is 317 g/mol. The minimum Gasteiger partial charge on any atom is -0.454 e. The second-order valence-electron chi connectivity index (χ2n) is 6.50. The van der Waals surface area contributed by atoms with Crippen molar-refractivity contribution in [2.75, 3.05) is 19.9 Å². The normalized spacial score (nSPS) is 19.3. The first-order valence-corrected chi connectivity index (χ1v) is 8.62. The van der Waals surface area contributed by atoms with Crippen molar-refractivity contribution in [3.05, 3.63) is 23.8 Å². The zero-order chi connectivity index (χ0) is 16.3. The van der Waals surface area contributed by atoms with E-state index in [0.29, 0.717) is 12.8 Å². The number of guanidine groups is 1. The molecule has 126 valence electrons. The minimum absolute atomic E-state index is 0.165. The molecule has 1 unspecified atom stereocenters. The van der Waals surface area contributed by atoms with Gasteiger partial charge in [0, 0.05) is 18.0 Å². The molecule has 0 saturated heterocycles. The van der Waals surface area contributed by atoms with Crippen molar-refractivity contribution < 1.29 is 9.47 Å². The zero-order valence-electron chi connectivity index (χ0n) is 14.3. The molecule has 23 heavy (non-hydrogen) atoms. The summed E-state index contributed by atoms with van der Waals surface area (Å²) in [7, 11) is 0. The lowest BCUT2D eigenvalue weighted by molar-refractivity contribution is 0.174. The number of hydrogen-bond donors (Lipinski definition) is 2. The van der Waals surface area contributed by atoms with E-state index in [4.69, 9.17) is 14.5 Å². The summed E-state index contributed by atoms with van der Waals surface area (Å²) in [6.07, 6.45) is 3.44. The highest BCUT2D eigenvalue weighted by Crippen LogP contribution is 2.50. The molecule has 1 fully saturated rings. The van der Waals surface area contributed by atoms with Crippen molar-refractivity contribution in [2.24, 2.45) is 4.99 Å². The Morgan fingerprint density at radius 1 is 1.26 bits per heavy atom. The average Bonchev–Trinajstić information content (AvgIpc) is 3.21. The zero-order valence-corrected chi connectivity index (χ0v) is 14.3. The van der Waals surface area contributed by atoms with Gasteiger partial charge in [-0.25, -0.2) is 0 Å². The highest BCUT2D eigenvalue weighted by molar-refractivity contribution is 5.80. The predicted octanol–water partition coefficient (Wildman–Crippen LogP) is 2.80. The molecule has 0 spiro atoms. The molecule has 5 heteroatoms. The molecule has 1 aromatic carbocycles. The third kappa shape index (κ3) is 3.54. The Labute approximate surface area is 138 Å². The molecule has 1 aliphatic heterocycles. The lowest BCUT2D eigenvalue weighted by atomic mass is 9.96. The number of nitrogens with one attached hydrogen (secondary N) is 2. The van der Waals surface area contributed by atoms with Gasteiger partial charge >= 0.3 is 0 Å². The molecule has 0 radical (unpaired) electrons. The van der Waals surface area contributed by atoms with Gasteiger partial charge in [-0.2, -0.15) is 0 Å². The van der Waals surface area contributed by atoms with E-state index in [1.54, 1.807) is 0 Å². The first-order chi connectivity index (χ1) is 11.2. The van der Waals surface area contributed by atoms with Crippen LogP contribution in [0.1, 0.15) is 45.6 Å². The number of benzene rings is 1. The summed E-state index contributed by atoms with van der Waals surface area (Å²) >= 11 is 0. The molecule has 1 aromatic rings. The summed E-state index contributed by atoms with van der Waals surface area (Å²) in [5, 5.41) is 6.79. The van der Waals surface area contributed by atoms with Gasteiger partial charge in [-0.1, -0.05) is 13.0 Å². The molecule has 2 N–H and O–H groups in total. The second kappa shape index (κ2) is 6.69. The van der Waals surface area contributed by atoms with Crippen LogP contribution < -0.4 is 20.1 Å². The number of nitrogens with zero attached hydrogens (tertiary/aromatic N) is 1. The Morgan fingerprint density at radius 2 is 2.04 bits per heavy atom. The SMILES string of the molecule is CCNC(=NCC1(c2ccc3c(c2)OCO3)CC1)NC(C)CC. The summed E-state index contributed by atoms with van der Waals surface area (Å²) in [6.45, 7) is 8.46. The molecule has 1 heterocycles. The van der Waals surface area contributed by atoms with Gasteiger partial charge in [0.25, 0.3) is 0 Å². The number of aliphatic imine (C=N–C) groups is 1. The highest BCUT2D eigenvalue weighted by Gasteiger charge is 2.44. The number of fused-ring (bicyclic) bond motifs is 1. The lowest BCUT2D eigenvalue weighted by Crippen LogP contribution is -2.42. The van der Waals surface area contributed by atoms with E-state index < -0.39 is 0 Å². The fraction of sp³-hybridized carbons (Fsp3) is 0.611. The van der Waals surface area contributed by atoms with E-state index in [-0.39, 0.29) is 5.41 Å². The van der Waals surface area contributed by atoms with E-state index in [1.165, 1.54) is 18.4 Å². The van der Waals surface area contributed by atoms with Crippen LogP contribution in [0.25, 0.3) is 0 Å². The van der Waals surface area contributed by atoms with Crippen molar-refractivity contribution in [1.82, 2.24) is 10.6 Å². The van der Waals surface area contributed by atoms with Crippen LogP contribution in [0.4, 0.5) is 0 Å². The lowest BCUT2D eigenvalue weighted by Gasteiger charge is -2.18. The van der Waals surface area contributed by atoms with Gasteiger partial charge in [0.15, 0.2) is 17.5 Å². The molecule has 0 aromatic heterocycles. The topological polar surface area (TPSA) is 54.9 Å². The van der Waals surface area contributed by atoms with E-state index >= 15 is 0 Å². The molecular formula is C18H27N3O2. The average molecular weight is 317 g/mol. The van der Waals surface area contributed by atoms with E-state index in [2.05, 4.69) is 43.5 Å². The van der Waals surface area contributed by atoms with E-state index in [9.17, 15) is 0 Å². The highest BCUT2D eigenvalue weighted by atomic mass is 16.7. The Kier molecular flexibility index (Phi) is 4.64. The van der Waals surface area contributed by atoms with Gasteiger partial charge in [0.1, 0.15) is 0 Å². The molecule has 2 aliphatic rings. The fourth-order valence-electron chi connectivity index (χ4n) is 2.80. The van der Waals surface area contributed by atoms with Crippen molar-refractivity contribution >= 4 is 5.96 Å². The van der Waals surface area contributed by atoms with Crippen molar-refractivity contribution in [3.8, 4) is 11.5 Å². The van der Waals surface area contributed by atoms with E-state index in [0.717, 1.165) is 37.0 Å². The summed E-state index contributed by atoms with van der Waals surface area (Å²) in [6, 6.07) is 6.73. The van der Waals surface area contributed by atoms with Crippen molar-refractivity contribution in [1.29, 1.82) is 0 Å². The van der Waals surface area contributed by atoms with Crippen LogP contribution in [-0.4, -0.2) is 31.9 Å². The smallest absolute Gasteiger partial charge is 0.231 e. The van der Waals surface area contributed by atoms with Gasteiger partial charge in [0.2, 0.25) is 6.79 Å². The molecular weight excluding hydrogens is 290 g/mol. The predicted molar refractivity (Wildman–Crippen MR) is 92.3 cm³/mol. The Bertz CT molecular complexity index is 582. The molecule has 1 atom stereocenters. The number of rotatable bonds is 6. The van der Waals surface area contributed by atoms with Crippen LogP contribution in [0.5, 0.6) is 11.5 Å². The summed E-state index contributed by atoms with van der Waals surface area (Å²) in [5.41, 5.74) is 1.48. The first-order valence-electron chi connectivity index (χ1n) is 8.62. The summed E-state index contributed by atoms with van der Waals surface area (Å²) in [4.78, 5) is 4.83. The Balaban J connectivity index is 1.71. The quantitative estimate of drug-likeness (QED) is 0.626. The third-order valence-corrected chi connectivity index (χ3v) is 4.72. The fourth-order valence-corrected chi connectivity index (χ4v) is 2.80. The van der Waals surface area contributed by atoms with Crippen LogP contribution in [-0.2, 0) is 5.41 Å². The molecule has 5 nitrogen and oxygen atoms in total. The van der Waals surface area contributed by atoms with Gasteiger partial charge < -0.3 is 20.1 Å². The van der Waals surface area contributed by atoms with Crippen LogP contribution in [0.15, 0.2) is 23.2 Å². The van der Waals surface area contributed by atoms with Crippen LogP contribution in [0.3, 0.4) is 0 Å². The first kappa shape index (κ1) is 16.0. The van der Waals surface area contributed by atoms with Crippen LogP contribution in [0, 0.1) is 0 Å². The number of ether oxygens (including phenoxy) is 2. The molecule has 3 rings (SSSR count). The Hall–Kier alpha value is -1.91. The summed E-state index contributed by atoms with van der Waals surface area (Å²) in [5.74, 6) is 2.62. The standard InChI is InChI=1S/C18H27N3O2/c1-4-13(3)21-17(19-5-2)20-11-18(8-9-18)14-6-7-15-16(10-14)23-12-22-15/h6-7,10,13H,4-5,8-9,11-12H2,1-3H3,(H2,19,20,21). The third-order valence-electron chi connectivity index (χ3n) is 4.72. The maximum absolute atomic E-state index is 5.51. The van der Waals surface area contributed by atoms with Crippen molar-refractivity contribution in [2.45, 2.75) is 51.5 Å². The van der Waals surface area contributed by atoms with Gasteiger partial charge in [-0.05, 0) is 50.8 Å². The summed E-state index contributed by atoms with van der Waals surface area (Å²) < 4.78 is 10.9. The maximum Gasteiger partial charge on any atom is 0.231 e. The molecule has 1 saturated carbocycles. The van der Waals surface area contributed by atoms with E-state index in [1.807, 2.05) is 6.07 Å². The van der Waals surface area contributed by atoms with Gasteiger partial charge in [-0.15, -0.1) is 0 Å². The van der Waals surface area contributed by atoms with Crippen LogP contribution in [0.2, 0.25) is 0 Å². The van der Waals surface area contributed by atoms with Crippen molar-refractivity contribution in [3.63, 3.8) is 0 Å². The second-order valence-corrected chi connectivity index (χ2v) is 6.50. The van der Waals surface area contributed by atoms with Gasteiger partial charge in [0.05, 0.1) is 6.54 Å². The maximum atomic E-state index is 5.51. The van der Waals surface area contributed by atoms with Crippen LogP contribution >= 0.6 is 0 Å². The number of hydrogen-bond acceptors (Lipinski definition) is 3. The molecule has 1 aliphatic carbocycles. The minimum atomic E-state index is 0.165. The Morgan fingerprint density at radius 3 is 2.74 bits per heavy atom. The largest absolute Gasteiger partial charge is 0.454 e. The molecule has 0 bridgehead atoms. The van der Waals surface area contributed by atoms with Gasteiger partial charge in [-0.3, -0.25) is 4.99 Å². The molecule has 0 amide bonds.